The molecule has 0 amide bonds. The Labute approximate surface area is 86.0 Å². The minimum Gasteiger partial charge on any atom is -0.330 e. The van der Waals surface area contributed by atoms with E-state index in [1.807, 2.05) is 0 Å². The van der Waals surface area contributed by atoms with Crippen molar-refractivity contribution in [3.05, 3.63) is 24.3 Å². The average molecular weight is 227 g/mol. The maximum Gasteiger partial charge on any atom is 0.267 e. The van der Waals surface area contributed by atoms with Gasteiger partial charge in [-0.3, -0.25) is 5.10 Å². The van der Waals surface area contributed by atoms with Crippen molar-refractivity contribution in [3.63, 3.8) is 0 Å². The molecule has 0 saturated carbocycles. The Morgan fingerprint density at radius 2 is 2.27 bits per heavy atom. The molecule has 0 aliphatic rings. The number of hydrogen-bond donors (Lipinski definition) is 3. The molecule has 0 unspecified atom stereocenters. The lowest BCUT2D eigenvalue weighted by Gasteiger charge is -2.02. The summed E-state index contributed by atoms with van der Waals surface area (Å²) in [7, 11) is -3.61. The smallest absolute Gasteiger partial charge is 0.267 e. The van der Waals surface area contributed by atoms with Crippen LogP contribution in [0.4, 0.5) is 5.95 Å². The highest BCUT2D eigenvalue weighted by Gasteiger charge is 2.19. The Hall–Kier alpha value is -1.83. The normalized spacial score (nSPS) is 11.5. The number of anilines is 1. The van der Waals surface area contributed by atoms with Crippen molar-refractivity contribution in [1.82, 2.24) is 20.2 Å². The Morgan fingerprint density at radius 3 is 2.80 bits per heavy atom. The highest BCUT2D eigenvalue weighted by molar-refractivity contribution is 7.92. The molecule has 2 heterocycles. The standard InChI is InChI=1S/C7H9N5O2S/c1-5-6(4-10-11-5)15(13,14)12-7-8-2-3-9-7/h2-4H,1H3,(H,10,11)(H2,8,9,12). The Morgan fingerprint density at radius 1 is 1.47 bits per heavy atom. The van der Waals surface area contributed by atoms with Crippen molar-refractivity contribution >= 4 is 16.0 Å². The van der Waals surface area contributed by atoms with Crippen LogP contribution in [-0.4, -0.2) is 28.6 Å². The molecule has 0 saturated heterocycles. The van der Waals surface area contributed by atoms with Crippen molar-refractivity contribution < 1.29 is 8.42 Å². The van der Waals surface area contributed by atoms with Crippen molar-refractivity contribution in [2.75, 3.05) is 4.72 Å². The van der Waals surface area contributed by atoms with E-state index in [4.69, 9.17) is 0 Å². The molecular formula is C7H9N5O2S. The largest absolute Gasteiger partial charge is 0.330 e. The number of aromatic nitrogens is 4. The van der Waals surface area contributed by atoms with Gasteiger partial charge in [0, 0.05) is 12.4 Å². The van der Waals surface area contributed by atoms with Gasteiger partial charge in [-0.15, -0.1) is 0 Å². The molecule has 0 aliphatic heterocycles. The fraction of sp³-hybridized carbons (Fsp3) is 0.143. The molecule has 2 aromatic rings. The summed E-state index contributed by atoms with van der Waals surface area (Å²) in [4.78, 5) is 6.52. The number of imidazole rings is 1. The van der Waals surface area contributed by atoms with Gasteiger partial charge in [-0.1, -0.05) is 0 Å². The number of rotatable bonds is 3. The summed E-state index contributed by atoms with van der Waals surface area (Å²) < 4.78 is 25.8. The molecule has 0 fully saturated rings. The zero-order valence-corrected chi connectivity index (χ0v) is 8.67. The summed E-state index contributed by atoms with van der Waals surface area (Å²) in [6.07, 6.45) is 4.24. The van der Waals surface area contributed by atoms with Gasteiger partial charge in [0.05, 0.1) is 11.9 Å². The van der Waals surface area contributed by atoms with Crippen LogP contribution in [-0.2, 0) is 10.0 Å². The molecule has 2 aromatic heterocycles. The summed E-state index contributed by atoms with van der Waals surface area (Å²) in [6.45, 7) is 1.63. The van der Waals surface area contributed by atoms with Crippen LogP contribution in [0.25, 0.3) is 0 Å². The molecule has 0 radical (unpaired) electrons. The summed E-state index contributed by atoms with van der Waals surface area (Å²) in [6, 6.07) is 0. The number of nitrogens with one attached hydrogen (secondary N) is 3. The third-order valence-corrected chi connectivity index (χ3v) is 3.26. The summed E-state index contributed by atoms with van der Waals surface area (Å²) in [5.74, 6) is 0.176. The lowest BCUT2D eigenvalue weighted by atomic mass is 10.5. The first-order chi connectivity index (χ1) is 7.09. The molecule has 15 heavy (non-hydrogen) atoms. The van der Waals surface area contributed by atoms with Crippen molar-refractivity contribution in [1.29, 1.82) is 0 Å². The number of hydrogen-bond acceptors (Lipinski definition) is 4. The third kappa shape index (κ3) is 1.84. The molecule has 0 bridgehead atoms. The minimum atomic E-state index is -3.61. The first-order valence-corrected chi connectivity index (χ1v) is 5.60. The van der Waals surface area contributed by atoms with Crippen LogP contribution >= 0.6 is 0 Å². The van der Waals surface area contributed by atoms with Gasteiger partial charge < -0.3 is 4.98 Å². The number of sulfonamides is 1. The van der Waals surface area contributed by atoms with E-state index in [0.717, 1.165) is 0 Å². The van der Waals surface area contributed by atoms with E-state index in [0.29, 0.717) is 5.69 Å². The zero-order chi connectivity index (χ0) is 10.9. The van der Waals surface area contributed by atoms with E-state index in [9.17, 15) is 8.42 Å². The molecule has 0 atom stereocenters. The average Bonchev–Trinajstić information content (AvgIpc) is 2.75. The first kappa shape index (κ1) is 9.71. The second-order valence-corrected chi connectivity index (χ2v) is 4.55. The lowest BCUT2D eigenvalue weighted by Crippen LogP contribution is -2.14. The molecule has 80 valence electrons. The van der Waals surface area contributed by atoms with Crippen LogP contribution in [0.1, 0.15) is 5.69 Å². The molecule has 7 nitrogen and oxygen atoms in total. The summed E-state index contributed by atoms with van der Waals surface area (Å²) in [5.41, 5.74) is 0.481. The van der Waals surface area contributed by atoms with Crippen LogP contribution in [0.15, 0.2) is 23.5 Å². The quantitative estimate of drug-likeness (QED) is 0.698. The summed E-state index contributed by atoms with van der Waals surface area (Å²) >= 11 is 0. The molecule has 0 spiro atoms. The molecule has 2 rings (SSSR count). The van der Waals surface area contributed by atoms with E-state index < -0.39 is 10.0 Å². The van der Waals surface area contributed by atoms with Gasteiger partial charge in [-0.25, -0.2) is 18.1 Å². The number of nitrogens with zero attached hydrogens (tertiary/aromatic N) is 2. The van der Waals surface area contributed by atoms with Crippen LogP contribution in [0, 0.1) is 6.92 Å². The first-order valence-electron chi connectivity index (χ1n) is 4.12. The van der Waals surface area contributed by atoms with Crippen LogP contribution in [0.5, 0.6) is 0 Å². The topological polar surface area (TPSA) is 104 Å². The fourth-order valence-corrected chi connectivity index (χ4v) is 2.23. The van der Waals surface area contributed by atoms with Gasteiger partial charge in [0.25, 0.3) is 10.0 Å². The monoisotopic (exact) mass is 227 g/mol. The minimum absolute atomic E-state index is 0.110. The molecule has 0 aromatic carbocycles. The highest BCUT2D eigenvalue weighted by Crippen LogP contribution is 2.14. The van der Waals surface area contributed by atoms with Crippen molar-refractivity contribution in [3.8, 4) is 0 Å². The van der Waals surface area contributed by atoms with Gasteiger partial charge in [0.15, 0.2) is 0 Å². The van der Waals surface area contributed by atoms with Crippen LogP contribution < -0.4 is 4.72 Å². The predicted octanol–water partition coefficient (Wildman–Crippen LogP) is 0.242. The molecule has 0 aliphatic carbocycles. The van der Waals surface area contributed by atoms with Gasteiger partial charge in [0.1, 0.15) is 4.90 Å². The SMILES string of the molecule is Cc1[nH]ncc1S(=O)(=O)Nc1ncc[nH]1. The predicted molar refractivity (Wildman–Crippen MR) is 52.7 cm³/mol. The summed E-state index contributed by atoms with van der Waals surface area (Å²) in [5, 5.41) is 6.20. The van der Waals surface area contributed by atoms with Crippen molar-refractivity contribution in [2.45, 2.75) is 11.8 Å². The second kappa shape index (κ2) is 3.39. The van der Waals surface area contributed by atoms with Crippen LogP contribution in [0.2, 0.25) is 0 Å². The van der Waals surface area contributed by atoms with Gasteiger partial charge >= 0.3 is 0 Å². The van der Waals surface area contributed by atoms with E-state index in [2.05, 4.69) is 24.9 Å². The lowest BCUT2D eigenvalue weighted by molar-refractivity contribution is 0.600. The van der Waals surface area contributed by atoms with Crippen molar-refractivity contribution in [2.24, 2.45) is 0 Å². The maximum absolute atomic E-state index is 11.8. The van der Waals surface area contributed by atoms with E-state index in [1.54, 1.807) is 6.92 Å². The Balaban J connectivity index is 2.33. The van der Waals surface area contributed by atoms with Gasteiger partial charge in [0.2, 0.25) is 5.95 Å². The van der Waals surface area contributed by atoms with E-state index in [-0.39, 0.29) is 10.8 Å². The number of aromatic amines is 2. The molecular weight excluding hydrogens is 218 g/mol. The Kier molecular flexibility index (Phi) is 2.19. The zero-order valence-electron chi connectivity index (χ0n) is 7.85. The molecule has 3 N–H and O–H groups in total. The van der Waals surface area contributed by atoms with Gasteiger partial charge in [-0.2, -0.15) is 5.10 Å². The molecule has 8 heteroatoms. The second-order valence-electron chi connectivity index (χ2n) is 2.90. The van der Waals surface area contributed by atoms with E-state index >= 15 is 0 Å². The number of aryl methyl sites for hydroxylation is 1. The van der Waals surface area contributed by atoms with Gasteiger partial charge in [-0.05, 0) is 6.92 Å². The third-order valence-electron chi connectivity index (χ3n) is 1.80. The Bertz CT molecular complexity index is 542. The highest BCUT2D eigenvalue weighted by atomic mass is 32.2. The van der Waals surface area contributed by atoms with E-state index in [1.165, 1.54) is 18.6 Å². The fourth-order valence-electron chi connectivity index (χ4n) is 1.11. The van der Waals surface area contributed by atoms with Crippen LogP contribution in [0.3, 0.4) is 0 Å². The number of H-pyrrole nitrogens is 2. The maximum atomic E-state index is 11.8.